The third kappa shape index (κ3) is 2.14. The number of hydrogen-bond donors (Lipinski definition) is 2. The summed E-state index contributed by atoms with van der Waals surface area (Å²) in [4.78, 5) is 3.76. The van der Waals surface area contributed by atoms with E-state index in [4.69, 9.17) is 33.5 Å². The number of aromatic nitrogens is 2. The van der Waals surface area contributed by atoms with Gasteiger partial charge in [0.15, 0.2) is 0 Å². The van der Waals surface area contributed by atoms with Gasteiger partial charge in [0.25, 0.3) is 5.95 Å². The zero-order valence-corrected chi connectivity index (χ0v) is 8.88. The van der Waals surface area contributed by atoms with Gasteiger partial charge >= 0.3 is 6.01 Å². The van der Waals surface area contributed by atoms with Crippen molar-refractivity contribution in [1.82, 2.24) is 10.1 Å². The van der Waals surface area contributed by atoms with Crippen molar-refractivity contribution in [3.05, 3.63) is 28.2 Å². The molecule has 0 aliphatic heterocycles. The summed E-state index contributed by atoms with van der Waals surface area (Å²) < 4.78 is 4.76. The van der Waals surface area contributed by atoms with Crippen molar-refractivity contribution in [2.45, 2.75) is 0 Å². The maximum Gasteiger partial charge on any atom is 0.327 e. The third-order valence-electron chi connectivity index (χ3n) is 1.64. The number of rotatable bonds is 2. The minimum absolute atomic E-state index is 0.0423. The first-order valence-electron chi connectivity index (χ1n) is 3.97. The molecule has 0 saturated carbocycles. The fraction of sp³-hybridized carbons (Fsp3) is 0. The molecule has 0 unspecified atom stereocenters. The van der Waals surface area contributed by atoms with Gasteiger partial charge in [0.05, 0.1) is 15.7 Å². The lowest BCUT2D eigenvalue weighted by Crippen LogP contribution is -1.93. The molecule has 0 atom stereocenters. The number of benzene rings is 1. The molecule has 78 valence electrons. The minimum atomic E-state index is 0.0423. The molecule has 2 rings (SSSR count). The number of hydrogen-bond acceptors (Lipinski definition) is 5. The van der Waals surface area contributed by atoms with Gasteiger partial charge in [0.2, 0.25) is 0 Å². The molecule has 15 heavy (non-hydrogen) atoms. The number of nitrogens with zero attached hydrogens (tertiary/aromatic N) is 2. The molecule has 0 bridgehead atoms. The summed E-state index contributed by atoms with van der Waals surface area (Å²) in [6.07, 6.45) is 0. The van der Waals surface area contributed by atoms with Crippen LogP contribution < -0.4 is 11.1 Å². The van der Waals surface area contributed by atoms with Crippen LogP contribution in [0.3, 0.4) is 0 Å². The molecule has 7 heteroatoms. The van der Waals surface area contributed by atoms with Crippen LogP contribution in [0.5, 0.6) is 0 Å². The number of nitrogens with one attached hydrogen (secondary N) is 1. The fourth-order valence-electron chi connectivity index (χ4n) is 1.01. The number of nitrogen functional groups attached to an aromatic ring is 1. The average Bonchev–Trinajstić information content (AvgIpc) is 2.58. The smallest absolute Gasteiger partial charge is 0.327 e. The lowest BCUT2D eigenvalue weighted by Gasteiger charge is -2.05. The zero-order valence-electron chi connectivity index (χ0n) is 7.37. The number of halogens is 2. The Hall–Kier alpha value is -1.46. The minimum Gasteiger partial charge on any atom is -0.365 e. The third-order valence-corrected chi connectivity index (χ3v) is 2.27. The Morgan fingerprint density at radius 2 is 1.93 bits per heavy atom. The summed E-state index contributed by atoms with van der Waals surface area (Å²) in [6.45, 7) is 0. The van der Waals surface area contributed by atoms with Crippen LogP contribution in [0, 0.1) is 0 Å². The van der Waals surface area contributed by atoms with Crippen molar-refractivity contribution in [2.24, 2.45) is 0 Å². The van der Waals surface area contributed by atoms with Crippen LogP contribution in [0.1, 0.15) is 0 Å². The first-order chi connectivity index (χ1) is 7.16. The number of para-hydroxylation sites is 1. The second kappa shape index (κ2) is 3.96. The molecule has 1 aromatic heterocycles. The first kappa shape index (κ1) is 10.1. The van der Waals surface area contributed by atoms with E-state index in [1.54, 1.807) is 18.2 Å². The Labute approximate surface area is 95.2 Å². The van der Waals surface area contributed by atoms with Crippen LogP contribution in [-0.2, 0) is 0 Å². The van der Waals surface area contributed by atoms with E-state index in [0.717, 1.165) is 0 Å². The highest BCUT2D eigenvalue weighted by molar-refractivity contribution is 6.39. The SMILES string of the molecule is Nc1noc(Nc2c(Cl)cccc2Cl)n1. The maximum atomic E-state index is 5.92. The summed E-state index contributed by atoms with van der Waals surface area (Å²) in [5.41, 5.74) is 5.79. The van der Waals surface area contributed by atoms with Gasteiger partial charge in [-0.1, -0.05) is 29.3 Å². The highest BCUT2D eigenvalue weighted by atomic mass is 35.5. The van der Waals surface area contributed by atoms with Crippen molar-refractivity contribution in [1.29, 1.82) is 0 Å². The molecular formula is C8H6Cl2N4O. The van der Waals surface area contributed by atoms with E-state index in [1.807, 2.05) is 0 Å². The highest BCUT2D eigenvalue weighted by Gasteiger charge is 2.09. The highest BCUT2D eigenvalue weighted by Crippen LogP contribution is 2.31. The van der Waals surface area contributed by atoms with Gasteiger partial charge < -0.3 is 15.6 Å². The lowest BCUT2D eigenvalue weighted by molar-refractivity contribution is 0.436. The standard InChI is InChI=1S/C8H6Cl2N4O/c9-4-2-1-3-5(10)6(4)12-8-13-7(11)14-15-8/h1-3H,(H3,11,12,13,14). The Bertz CT molecular complexity index is 465. The van der Waals surface area contributed by atoms with Crippen LogP contribution in [-0.4, -0.2) is 10.1 Å². The molecule has 0 aliphatic carbocycles. The van der Waals surface area contributed by atoms with Gasteiger partial charge in [-0.05, 0) is 17.3 Å². The van der Waals surface area contributed by atoms with Crippen molar-refractivity contribution in [2.75, 3.05) is 11.1 Å². The monoisotopic (exact) mass is 244 g/mol. The molecule has 1 heterocycles. The summed E-state index contributed by atoms with van der Waals surface area (Å²) in [5.74, 6) is 0.0423. The molecule has 0 fully saturated rings. The largest absolute Gasteiger partial charge is 0.365 e. The van der Waals surface area contributed by atoms with E-state index >= 15 is 0 Å². The molecule has 5 nitrogen and oxygen atoms in total. The summed E-state index contributed by atoms with van der Waals surface area (Å²) in [6, 6.07) is 5.26. The fourth-order valence-corrected chi connectivity index (χ4v) is 1.50. The van der Waals surface area contributed by atoms with Crippen LogP contribution >= 0.6 is 23.2 Å². The zero-order chi connectivity index (χ0) is 10.8. The summed E-state index contributed by atoms with van der Waals surface area (Å²) >= 11 is 11.8. The van der Waals surface area contributed by atoms with E-state index in [9.17, 15) is 0 Å². The molecule has 3 N–H and O–H groups in total. The van der Waals surface area contributed by atoms with E-state index < -0.39 is 0 Å². The Morgan fingerprint density at radius 1 is 1.27 bits per heavy atom. The molecule has 0 spiro atoms. The summed E-state index contributed by atoms with van der Waals surface area (Å²) in [5, 5.41) is 7.11. The van der Waals surface area contributed by atoms with E-state index in [1.165, 1.54) is 0 Å². The van der Waals surface area contributed by atoms with E-state index in [2.05, 4.69) is 15.5 Å². The Balaban J connectivity index is 2.31. The van der Waals surface area contributed by atoms with Crippen molar-refractivity contribution < 1.29 is 4.52 Å². The van der Waals surface area contributed by atoms with Gasteiger partial charge in [-0.3, -0.25) is 0 Å². The second-order valence-electron chi connectivity index (χ2n) is 2.68. The topological polar surface area (TPSA) is 77.0 Å². The van der Waals surface area contributed by atoms with Crippen LogP contribution in [0.2, 0.25) is 10.0 Å². The van der Waals surface area contributed by atoms with Gasteiger partial charge in [-0.15, -0.1) is 0 Å². The quantitative estimate of drug-likeness (QED) is 0.850. The second-order valence-corrected chi connectivity index (χ2v) is 3.49. The molecule has 1 aromatic carbocycles. The molecule has 0 radical (unpaired) electrons. The lowest BCUT2D eigenvalue weighted by atomic mass is 10.3. The predicted molar refractivity (Wildman–Crippen MR) is 58.5 cm³/mol. The van der Waals surface area contributed by atoms with Gasteiger partial charge in [0.1, 0.15) is 0 Å². The van der Waals surface area contributed by atoms with Crippen molar-refractivity contribution in [3.8, 4) is 0 Å². The average molecular weight is 245 g/mol. The predicted octanol–water partition coefficient (Wildman–Crippen LogP) is 2.70. The van der Waals surface area contributed by atoms with Crippen LogP contribution in [0.4, 0.5) is 17.7 Å². The van der Waals surface area contributed by atoms with Crippen molar-refractivity contribution in [3.63, 3.8) is 0 Å². The normalized spacial score (nSPS) is 10.3. The Morgan fingerprint density at radius 3 is 2.47 bits per heavy atom. The van der Waals surface area contributed by atoms with Crippen LogP contribution in [0.15, 0.2) is 22.7 Å². The van der Waals surface area contributed by atoms with Gasteiger partial charge in [-0.2, -0.15) is 4.98 Å². The summed E-state index contributed by atoms with van der Waals surface area (Å²) in [7, 11) is 0. The maximum absolute atomic E-state index is 5.92. The molecular weight excluding hydrogens is 239 g/mol. The molecule has 0 saturated heterocycles. The Kier molecular flexibility index (Phi) is 2.66. The van der Waals surface area contributed by atoms with E-state index in [0.29, 0.717) is 15.7 Å². The van der Waals surface area contributed by atoms with Crippen LogP contribution in [0.25, 0.3) is 0 Å². The van der Waals surface area contributed by atoms with Gasteiger partial charge in [-0.25, -0.2) is 0 Å². The van der Waals surface area contributed by atoms with Crippen molar-refractivity contribution >= 4 is 40.9 Å². The number of anilines is 3. The van der Waals surface area contributed by atoms with Gasteiger partial charge in [0, 0.05) is 0 Å². The molecule has 0 aliphatic rings. The molecule has 2 aromatic rings. The molecule has 0 amide bonds. The van der Waals surface area contributed by atoms with E-state index in [-0.39, 0.29) is 12.0 Å². The first-order valence-corrected chi connectivity index (χ1v) is 4.72. The number of nitrogens with two attached hydrogens (primary N) is 1.